The highest BCUT2D eigenvalue weighted by molar-refractivity contribution is 5.75. The molecule has 0 N–H and O–H groups in total. The second-order valence-corrected chi connectivity index (χ2v) is 1.27. The maximum Gasteiger partial charge on any atom is 0.484 e. The summed E-state index contributed by atoms with van der Waals surface area (Å²) >= 11 is 0. The topological polar surface area (TPSA) is 55.4 Å². The van der Waals surface area contributed by atoms with Gasteiger partial charge in [-0.2, -0.15) is 17.6 Å². The number of carbonyl (C=O) groups excluding carboxylic acids is 1. The molecule has 11 heavy (non-hydrogen) atoms. The first-order chi connectivity index (χ1) is 4.90. The zero-order valence-electron chi connectivity index (χ0n) is 4.72. The molecule has 0 aromatic carbocycles. The summed E-state index contributed by atoms with van der Waals surface area (Å²) < 4.78 is 47.8. The Morgan fingerprint density at radius 1 is 1.36 bits per heavy atom. The van der Waals surface area contributed by atoms with E-state index in [9.17, 15) is 22.4 Å². The van der Waals surface area contributed by atoms with Crippen LogP contribution in [0.4, 0.5) is 17.6 Å². The quantitative estimate of drug-likeness (QED) is 0.276. The number of halogens is 4. The summed E-state index contributed by atoms with van der Waals surface area (Å²) in [6, 6.07) is 0. The van der Waals surface area contributed by atoms with Crippen LogP contribution in [0.3, 0.4) is 0 Å². The molecule has 0 saturated heterocycles. The molecule has 0 aliphatic carbocycles. The second-order valence-electron chi connectivity index (χ2n) is 1.27. The van der Waals surface area contributed by atoms with E-state index in [1.165, 1.54) is 0 Å². The lowest BCUT2D eigenvalue weighted by molar-refractivity contribution is -0.438. The van der Waals surface area contributed by atoms with E-state index < -0.39 is 18.7 Å². The van der Waals surface area contributed by atoms with Crippen LogP contribution in [-0.4, -0.2) is 18.7 Å². The summed E-state index contributed by atoms with van der Waals surface area (Å²) in [6.07, 6.45) is -4.86. The molecule has 0 aliphatic rings. The zero-order chi connectivity index (χ0) is 9.07. The Labute approximate surface area is 57.2 Å². The second kappa shape index (κ2) is 3.49. The van der Waals surface area contributed by atoms with Crippen LogP contribution in [-0.2, 0) is 19.7 Å². The number of hydrogen-bond donors (Lipinski definition) is 0. The van der Waals surface area contributed by atoms with E-state index in [1.54, 1.807) is 0 Å². The highest BCUT2D eigenvalue weighted by Crippen LogP contribution is 2.17. The SMILES string of the molecule is [O]OC(F)(F)C(=O)OC(F)F. The predicted molar refractivity (Wildman–Crippen MR) is 18.8 cm³/mol. The van der Waals surface area contributed by atoms with Crippen LogP contribution in [0.2, 0.25) is 0 Å². The summed E-state index contributed by atoms with van der Waals surface area (Å²) in [5.74, 6) is -2.72. The van der Waals surface area contributed by atoms with Crippen molar-refractivity contribution in [1.29, 1.82) is 0 Å². The van der Waals surface area contributed by atoms with Gasteiger partial charge in [0.1, 0.15) is 0 Å². The maximum atomic E-state index is 11.6. The van der Waals surface area contributed by atoms with Crippen LogP contribution in [0.1, 0.15) is 0 Å². The molecular formula is C3HF4O4. The average Bonchev–Trinajstić information content (AvgIpc) is 1.86. The van der Waals surface area contributed by atoms with Gasteiger partial charge in [-0.15, -0.1) is 4.89 Å². The fourth-order valence-electron chi connectivity index (χ4n) is 0.184. The lowest BCUT2D eigenvalue weighted by atomic mass is 10.6. The first kappa shape index (κ1) is 10.1. The van der Waals surface area contributed by atoms with Gasteiger partial charge in [0.05, 0.1) is 0 Å². The van der Waals surface area contributed by atoms with Crippen LogP contribution in [0.15, 0.2) is 0 Å². The third-order valence-corrected chi connectivity index (χ3v) is 0.538. The fraction of sp³-hybridized carbons (Fsp3) is 0.667. The van der Waals surface area contributed by atoms with E-state index in [2.05, 4.69) is 4.74 Å². The van der Waals surface area contributed by atoms with Crippen molar-refractivity contribution in [3.8, 4) is 0 Å². The molecule has 0 aliphatic heterocycles. The van der Waals surface area contributed by atoms with Crippen molar-refractivity contribution in [2.45, 2.75) is 12.7 Å². The molecule has 0 spiro atoms. The normalized spacial score (nSPS) is 11.8. The Bertz CT molecular complexity index is 146. The summed E-state index contributed by atoms with van der Waals surface area (Å²) in [7, 11) is 0. The van der Waals surface area contributed by atoms with Crippen LogP contribution >= 0.6 is 0 Å². The van der Waals surface area contributed by atoms with Gasteiger partial charge in [-0.05, 0) is 5.26 Å². The lowest BCUT2D eigenvalue weighted by Gasteiger charge is -2.08. The molecule has 0 aromatic rings. The van der Waals surface area contributed by atoms with E-state index in [0.29, 0.717) is 0 Å². The van der Waals surface area contributed by atoms with E-state index in [4.69, 9.17) is 5.26 Å². The first-order valence-electron chi connectivity index (χ1n) is 2.08. The van der Waals surface area contributed by atoms with Gasteiger partial charge in [-0.25, -0.2) is 4.79 Å². The Kier molecular flexibility index (Phi) is 3.20. The van der Waals surface area contributed by atoms with Gasteiger partial charge in [-0.3, -0.25) is 0 Å². The number of alkyl halides is 4. The third kappa shape index (κ3) is 3.14. The third-order valence-electron chi connectivity index (χ3n) is 0.538. The molecule has 4 nitrogen and oxygen atoms in total. The van der Waals surface area contributed by atoms with Crippen molar-refractivity contribution in [3.63, 3.8) is 0 Å². The number of hydrogen-bond acceptors (Lipinski definition) is 3. The van der Waals surface area contributed by atoms with Crippen molar-refractivity contribution in [1.82, 2.24) is 0 Å². The van der Waals surface area contributed by atoms with Gasteiger partial charge < -0.3 is 4.74 Å². The summed E-state index contributed by atoms with van der Waals surface area (Å²) in [5, 5.41) is 8.98. The summed E-state index contributed by atoms with van der Waals surface area (Å²) in [6.45, 7) is -3.71. The molecule has 1 radical (unpaired) electrons. The van der Waals surface area contributed by atoms with Gasteiger partial charge in [0.25, 0.3) is 0 Å². The molecular weight excluding hydrogens is 176 g/mol. The highest BCUT2D eigenvalue weighted by Gasteiger charge is 2.45. The van der Waals surface area contributed by atoms with Gasteiger partial charge in [-0.1, -0.05) is 0 Å². The van der Waals surface area contributed by atoms with Gasteiger partial charge in [0.2, 0.25) is 0 Å². The number of esters is 1. The minimum absolute atomic E-state index is 2.01. The number of rotatable bonds is 3. The van der Waals surface area contributed by atoms with Crippen LogP contribution < -0.4 is 0 Å². The fourth-order valence-corrected chi connectivity index (χ4v) is 0.184. The van der Waals surface area contributed by atoms with Gasteiger partial charge >= 0.3 is 18.7 Å². The van der Waals surface area contributed by atoms with E-state index in [-0.39, 0.29) is 0 Å². The Morgan fingerprint density at radius 2 is 1.82 bits per heavy atom. The standard InChI is InChI=1S/C3HF4O4/c4-2(5)10-1(8)3(6,7)11-9/h2H. The number of carbonyl (C=O) groups is 1. The van der Waals surface area contributed by atoms with E-state index in [1.807, 2.05) is 4.89 Å². The minimum atomic E-state index is -4.86. The molecule has 0 amide bonds. The highest BCUT2D eigenvalue weighted by atomic mass is 19.3. The molecule has 0 bridgehead atoms. The molecule has 0 heterocycles. The monoisotopic (exact) mass is 177 g/mol. The summed E-state index contributed by atoms with van der Waals surface area (Å²) in [5.41, 5.74) is 0. The Balaban J connectivity index is 4.02. The zero-order valence-corrected chi connectivity index (χ0v) is 4.72. The van der Waals surface area contributed by atoms with E-state index >= 15 is 0 Å². The molecule has 0 atom stereocenters. The molecule has 0 saturated carbocycles. The van der Waals surface area contributed by atoms with Crippen molar-refractivity contribution < 1.29 is 37.2 Å². The van der Waals surface area contributed by atoms with Crippen LogP contribution in [0, 0.1) is 0 Å². The largest absolute Gasteiger partial charge is 0.484 e. The molecule has 0 rings (SSSR count). The van der Waals surface area contributed by atoms with Crippen molar-refractivity contribution >= 4 is 5.97 Å². The van der Waals surface area contributed by atoms with Crippen LogP contribution in [0.5, 0.6) is 0 Å². The average molecular weight is 177 g/mol. The molecule has 0 unspecified atom stereocenters. The molecule has 65 valence electrons. The lowest BCUT2D eigenvalue weighted by Crippen LogP contribution is -2.33. The van der Waals surface area contributed by atoms with Gasteiger partial charge in [0.15, 0.2) is 0 Å². The summed E-state index contributed by atoms with van der Waals surface area (Å²) in [4.78, 5) is 11.7. The smallest absolute Gasteiger partial charge is 0.397 e. The van der Waals surface area contributed by atoms with Crippen molar-refractivity contribution in [2.24, 2.45) is 0 Å². The van der Waals surface area contributed by atoms with Crippen molar-refractivity contribution in [3.05, 3.63) is 0 Å². The Hall–Kier alpha value is -0.890. The Morgan fingerprint density at radius 3 is 2.09 bits per heavy atom. The predicted octanol–water partition coefficient (Wildman–Crippen LogP) is 0.707. The first-order valence-corrected chi connectivity index (χ1v) is 2.08. The molecule has 0 aromatic heterocycles. The minimum Gasteiger partial charge on any atom is -0.397 e. The molecule has 0 fully saturated rings. The maximum absolute atomic E-state index is 11.6. The number of ether oxygens (including phenoxy) is 1. The van der Waals surface area contributed by atoms with Crippen LogP contribution in [0.25, 0.3) is 0 Å². The van der Waals surface area contributed by atoms with Crippen molar-refractivity contribution in [2.75, 3.05) is 0 Å². The van der Waals surface area contributed by atoms with E-state index in [0.717, 1.165) is 0 Å². The van der Waals surface area contributed by atoms with Gasteiger partial charge in [0, 0.05) is 0 Å². The molecule has 8 heteroatoms.